The largest absolute Gasteiger partial charge is 0.465 e. The van der Waals surface area contributed by atoms with Gasteiger partial charge in [-0.25, -0.2) is 8.42 Å². The molecule has 8 heteroatoms. The van der Waals surface area contributed by atoms with E-state index >= 15 is 0 Å². The van der Waals surface area contributed by atoms with Crippen LogP contribution in [0, 0.1) is 12.8 Å². The topological polar surface area (TPSA) is 89.5 Å². The average molecular weight is 418 g/mol. The summed E-state index contributed by atoms with van der Waals surface area (Å²) in [6.45, 7) is 8.34. The SMILES string of the molecule is C=C(Br)[C@@H](C(C)=O)[C@H](NS(=O)(=O)c1ccc(C)cc1)C(=O)OCC. The zero-order valence-corrected chi connectivity index (χ0v) is 16.1. The van der Waals surface area contributed by atoms with Gasteiger partial charge in [-0.1, -0.05) is 40.2 Å². The first-order chi connectivity index (χ1) is 11.1. The molecule has 1 aromatic rings. The van der Waals surface area contributed by atoms with E-state index in [4.69, 9.17) is 4.74 Å². The van der Waals surface area contributed by atoms with Crippen molar-refractivity contribution in [2.24, 2.45) is 5.92 Å². The van der Waals surface area contributed by atoms with Crippen molar-refractivity contribution in [3.05, 3.63) is 40.9 Å². The molecule has 0 aliphatic rings. The third-order valence-electron chi connectivity index (χ3n) is 3.26. The average Bonchev–Trinajstić information content (AvgIpc) is 2.46. The molecule has 0 unspecified atom stereocenters. The van der Waals surface area contributed by atoms with Crippen molar-refractivity contribution in [3.8, 4) is 0 Å². The number of sulfonamides is 1. The fourth-order valence-corrected chi connectivity index (χ4v) is 3.86. The number of ether oxygens (including phenoxy) is 1. The highest BCUT2D eigenvalue weighted by atomic mass is 79.9. The van der Waals surface area contributed by atoms with Gasteiger partial charge in [0.25, 0.3) is 0 Å². The first kappa shape index (κ1) is 20.5. The maximum Gasteiger partial charge on any atom is 0.325 e. The zero-order chi connectivity index (χ0) is 18.5. The molecule has 0 bridgehead atoms. The van der Waals surface area contributed by atoms with Crippen LogP contribution >= 0.6 is 15.9 Å². The fourth-order valence-electron chi connectivity index (χ4n) is 2.07. The van der Waals surface area contributed by atoms with E-state index in [9.17, 15) is 18.0 Å². The first-order valence-corrected chi connectivity index (χ1v) is 9.48. The molecule has 1 N–H and O–H groups in total. The monoisotopic (exact) mass is 417 g/mol. The highest BCUT2D eigenvalue weighted by Crippen LogP contribution is 2.23. The van der Waals surface area contributed by atoms with Crippen LogP contribution in [0.25, 0.3) is 0 Å². The van der Waals surface area contributed by atoms with Crippen molar-refractivity contribution in [3.63, 3.8) is 0 Å². The van der Waals surface area contributed by atoms with Crippen LogP contribution in [0.2, 0.25) is 0 Å². The third kappa shape index (κ3) is 5.25. The molecule has 0 fully saturated rings. The molecule has 0 aromatic heterocycles. The lowest BCUT2D eigenvalue weighted by Crippen LogP contribution is -2.49. The molecule has 132 valence electrons. The van der Waals surface area contributed by atoms with E-state index in [0.717, 1.165) is 5.56 Å². The lowest BCUT2D eigenvalue weighted by atomic mass is 9.97. The van der Waals surface area contributed by atoms with Gasteiger partial charge in [0.1, 0.15) is 11.8 Å². The highest BCUT2D eigenvalue weighted by molar-refractivity contribution is 9.11. The van der Waals surface area contributed by atoms with Gasteiger partial charge in [-0.15, -0.1) is 0 Å². The van der Waals surface area contributed by atoms with Crippen LogP contribution in [0.1, 0.15) is 19.4 Å². The van der Waals surface area contributed by atoms with Crippen molar-refractivity contribution < 1.29 is 22.7 Å². The van der Waals surface area contributed by atoms with Crippen LogP contribution in [0.4, 0.5) is 0 Å². The van der Waals surface area contributed by atoms with Gasteiger partial charge in [-0.05, 0) is 32.9 Å². The van der Waals surface area contributed by atoms with E-state index in [1.807, 2.05) is 6.92 Å². The van der Waals surface area contributed by atoms with Crippen LogP contribution in [0.5, 0.6) is 0 Å². The predicted octanol–water partition coefficient (Wildman–Crippen LogP) is 2.32. The van der Waals surface area contributed by atoms with Gasteiger partial charge in [0.15, 0.2) is 0 Å². The summed E-state index contributed by atoms with van der Waals surface area (Å²) < 4.78 is 32.4. The van der Waals surface area contributed by atoms with Crippen LogP contribution in [0.15, 0.2) is 40.2 Å². The number of hydrogen-bond acceptors (Lipinski definition) is 5. The van der Waals surface area contributed by atoms with E-state index in [0.29, 0.717) is 0 Å². The summed E-state index contributed by atoms with van der Waals surface area (Å²) in [6.07, 6.45) is 0. The van der Waals surface area contributed by atoms with E-state index in [2.05, 4.69) is 27.2 Å². The summed E-state index contributed by atoms with van der Waals surface area (Å²) in [7, 11) is -4.02. The molecular formula is C16H20BrNO5S. The number of hydrogen-bond donors (Lipinski definition) is 1. The summed E-state index contributed by atoms with van der Waals surface area (Å²) in [4.78, 5) is 24.1. The number of nitrogens with one attached hydrogen (secondary N) is 1. The fraction of sp³-hybridized carbons (Fsp3) is 0.375. The zero-order valence-electron chi connectivity index (χ0n) is 13.7. The number of halogens is 1. The molecular weight excluding hydrogens is 398 g/mol. The molecule has 0 saturated carbocycles. The number of rotatable bonds is 8. The first-order valence-electron chi connectivity index (χ1n) is 7.20. The molecule has 0 aliphatic heterocycles. The maximum absolute atomic E-state index is 12.5. The van der Waals surface area contributed by atoms with Crippen molar-refractivity contribution in [1.82, 2.24) is 4.72 Å². The van der Waals surface area contributed by atoms with Gasteiger partial charge >= 0.3 is 5.97 Å². The summed E-state index contributed by atoms with van der Waals surface area (Å²) in [6, 6.07) is 4.72. The minimum Gasteiger partial charge on any atom is -0.465 e. The summed E-state index contributed by atoms with van der Waals surface area (Å²) in [5, 5.41) is 0. The standard InChI is InChI=1S/C16H20BrNO5S/c1-5-23-16(20)15(14(11(3)17)12(4)19)18-24(21,22)13-8-6-10(2)7-9-13/h6-9,14-15,18H,3,5H2,1-2,4H3/t14-,15-/m0/s1. The Hall–Kier alpha value is -1.51. The number of carbonyl (C=O) groups excluding carboxylic acids is 2. The second-order valence-corrected chi connectivity index (χ2v) is 7.93. The van der Waals surface area contributed by atoms with E-state index in [1.165, 1.54) is 19.1 Å². The Morgan fingerprint density at radius 1 is 1.29 bits per heavy atom. The molecule has 0 saturated heterocycles. The van der Waals surface area contributed by atoms with Crippen molar-refractivity contribution >= 4 is 37.7 Å². The quantitative estimate of drug-likeness (QED) is 0.655. The minimum atomic E-state index is -4.02. The predicted molar refractivity (Wildman–Crippen MR) is 94.2 cm³/mol. The van der Waals surface area contributed by atoms with Crippen LogP contribution in [0.3, 0.4) is 0 Å². The lowest BCUT2D eigenvalue weighted by Gasteiger charge is -2.24. The van der Waals surface area contributed by atoms with E-state index in [1.54, 1.807) is 19.1 Å². The molecule has 24 heavy (non-hydrogen) atoms. The third-order valence-corrected chi connectivity index (χ3v) is 5.21. The van der Waals surface area contributed by atoms with Gasteiger partial charge in [0.2, 0.25) is 10.0 Å². The second kappa shape index (κ2) is 8.55. The Morgan fingerprint density at radius 3 is 2.25 bits per heavy atom. The molecule has 0 radical (unpaired) electrons. The maximum atomic E-state index is 12.5. The number of esters is 1. The summed E-state index contributed by atoms with van der Waals surface area (Å²) in [5.74, 6) is -2.33. The smallest absolute Gasteiger partial charge is 0.325 e. The van der Waals surface area contributed by atoms with Gasteiger partial charge in [0, 0.05) is 4.48 Å². The summed E-state index contributed by atoms with van der Waals surface area (Å²) in [5.41, 5.74) is 0.895. The molecule has 6 nitrogen and oxygen atoms in total. The number of ketones is 1. The van der Waals surface area contributed by atoms with Crippen molar-refractivity contribution in [2.45, 2.75) is 31.7 Å². The normalized spacial score (nSPS) is 13.8. The number of aryl methyl sites for hydroxylation is 1. The number of carbonyl (C=O) groups is 2. The van der Waals surface area contributed by atoms with Gasteiger partial charge in [0.05, 0.1) is 17.4 Å². The Balaban J connectivity index is 3.25. The summed E-state index contributed by atoms with van der Waals surface area (Å²) >= 11 is 3.08. The molecule has 0 amide bonds. The van der Waals surface area contributed by atoms with Gasteiger partial charge in [-0.2, -0.15) is 4.72 Å². The van der Waals surface area contributed by atoms with Crippen LogP contribution in [-0.2, 0) is 24.3 Å². The Kier molecular flexibility index (Phi) is 7.31. The number of Topliss-reactive ketones (excluding diaryl/α,β-unsaturated/α-hetero) is 1. The highest BCUT2D eigenvalue weighted by Gasteiger charge is 2.37. The lowest BCUT2D eigenvalue weighted by molar-refractivity contribution is -0.147. The van der Waals surface area contributed by atoms with Gasteiger partial charge < -0.3 is 4.74 Å². The number of benzene rings is 1. The van der Waals surface area contributed by atoms with Crippen LogP contribution < -0.4 is 4.72 Å². The molecule has 1 rings (SSSR count). The minimum absolute atomic E-state index is 0.00937. The van der Waals surface area contributed by atoms with E-state index < -0.39 is 33.7 Å². The van der Waals surface area contributed by atoms with Gasteiger partial charge in [-0.3, -0.25) is 9.59 Å². The Bertz CT molecular complexity index is 713. The van der Waals surface area contributed by atoms with E-state index in [-0.39, 0.29) is 16.0 Å². The Labute approximate surface area is 150 Å². The van der Waals surface area contributed by atoms with Crippen LogP contribution in [-0.4, -0.2) is 32.8 Å². The molecule has 0 aliphatic carbocycles. The second-order valence-electron chi connectivity index (χ2n) is 5.20. The Morgan fingerprint density at radius 2 is 1.83 bits per heavy atom. The molecule has 2 atom stereocenters. The molecule has 1 aromatic carbocycles. The molecule has 0 heterocycles. The molecule has 0 spiro atoms. The van der Waals surface area contributed by atoms with Crippen molar-refractivity contribution in [1.29, 1.82) is 0 Å². The van der Waals surface area contributed by atoms with Crippen molar-refractivity contribution in [2.75, 3.05) is 6.61 Å².